The number of esters is 1. The van der Waals surface area contributed by atoms with Gasteiger partial charge in [0.1, 0.15) is 0 Å². The molecule has 0 aromatic carbocycles. The van der Waals surface area contributed by atoms with Crippen LogP contribution in [0.15, 0.2) is 0 Å². The van der Waals surface area contributed by atoms with E-state index in [2.05, 4.69) is 19.6 Å². The molecular weight excluding hydrogens is 316 g/mol. The van der Waals surface area contributed by atoms with Crippen LogP contribution < -0.4 is 11.1 Å². The summed E-state index contributed by atoms with van der Waals surface area (Å²) < 4.78 is 4.53. The molecule has 0 saturated heterocycles. The Morgan fingerprint density at radius 2 is 1.87 bits per heavy atom. The van der Waals surface area contributed by atoms with Crippen molar-refractivity contribution in [2.24, 2.45) is 5.73 Å². The molecule has 11 heteroatoms. The van der Waals surface area contributed by atoms with Crippen molar-refractivity contribution in [2.75, 3.05) is 13.2 Å². The average Bonchev–Trinajstić information content (AvgIpc) is 2.49. The molecule has 0 aromatic rings. The highest BCUT2D eigenvalue weighted by Crippen LogP contribution is 2.13. The second-order valence-electron chi connectivity index (χ2n) is 4.39. The van der Waals surface area contributed by atoms with Gasteiger partial charge in [0, 0.05) is 18.4 Å². The zero-order valence-corrected chi connectivity index (χ0v) is 12.8. The summed E-state index contributed by atoms with van der Waals surface area (Å²) >= 11 is 0. The van der Waals surface area contributed by atoms with Crippen LogP contribution in [0.4, 0.5) is 0 Å². The maximum absolute atomic E-state index is 11.8. The number of ether oxygens (including phenoxy) is 1. The van der Waals surface area contributed by atoms with E-state index in [1.807, 2.05) is 5.32 Å². The summed E-state index contributed by atoms with van der Waals surface area (Å²) in [6.07, 6.45) is 0.899. The number of hydrogen-bond acceptors (Lipinski definition) is 10. The van der Waals surface area contributed by atoms with Crippen LogP contribution >= 0.6 is 0 Å². The largest absolute Gasteiger partial charge is 0.450 e. The smallest absolute Gasteiger partial charge is 0.383 e. The van der Waals surface area contributed by atoms with Crippen LogP contribution in [-0.2, 0) is 38.7 Å². The summed E-state index contributed by atoms with van der Waals surface area (Å²) in [5, 5.41) is 16.0. The molecule has 0 fully saturated rings. The van der Waals surface area contributed by atoms with E-state index in [0.29, 0.717) is 12.8 Å². The van der Waals surface area contributed by atoms with Gasteiger partial charge in [-0.3, -0.25) is 14.6 Å². The summed E-state index contributed by atoms with van der Waals surface area (Å²) in [5.74, 6) is -4.12. The Morgan fingerprint density at radius 1 is 1.22 bits per heavy atom. The maximum atomic E-state index is 11.8. The van der Waals surface area contributed by atoms with Crippen molar-refractivity contribution in [3.63, 3.8) is 0 Å². The first kappa shape index (κ1) is 20.8. The van der Waals surface area contributed by atoms with Gasteiger partial charge in [-0.1, -0.05) is 13.3 Å². The number of carbonyl (C=O) groups excluding carboxylic acids is 4. The number of nitrogens with two attached hydrogens (primary N) is 1. The highest BCUT2D eigenvalue weighted by molar-refractivity contribution is 5.88. The highest BCUT2D eigenvalue weighted by atomic mass is 17.5. The summed E-state index contributed by atoms with van der Waals surface area (Å²) in [7, 11) is 0. The van der Waals surface area contributed by atoms with Gasteiger partial charge in [-0.25, -0.2) is 14.4 Å². The number of nitrogens with one attached hydrogen (secondary N) is 1. The Morgan fingerprint density at radius 3 is 2.39 bits per heavy atom. The Hall–Kier alpha value is -2.24. The molecular formula is C12H20N2O9. The summed E-state index contributed by atoms with van der Waals surface area (Å²) in [6.45, 7) is 1.43. The monoisotopic (exact) mass is 336 g/mol. The molecule has 0 saturated carbocycles. The summed E-state index contributed by atoms with van der Waals surface area (Å²) in [5.41, 5.74) is 2.79. The highest BCUT2D eigenvalue weighted by Gasteiger charge is 2.39. The Labute approximate surface area is 131 Å². The van der Waals surface area contributed by atoms with Crippen LogP contribution in [0.25, 0.3) is 0 Å². The zero-order valence-electron chi connectivity index (χ0n) is 12.8. The lowest BCUT2D eigenvalue weighted by Crippen LogP contribution is -2.56. The van der Waals surface area contributed by atoms with Crippen molar-refractivity contribution >= 4 is 23.8 Å². The SMILES string of the molecule is CCCCC(O)(NC(=O)CN)C(=O)OCC(=O)OOOC(C)=O. The maximum Gasteiger partial charge on any atom is 0.383 e. The van der Waals surface area contributed by atoms with E-state index in [1.165, 1.54) is 0 Å². The number of amides is 1. The molecule has 0 spiro atoms. The lowest BCUT2D eigenvalue weighted by Gasteiger charge is -2.26. The topological polar surface area (TPSA) is 163 Å². The van der Waals surface area contributed by atoms with Gasteiger partial charge in [0.2, 0.25) is 11.6 Å². The molecule has 23 heavy (non-hydrogen) atoms. The molecule has 1 unspecified atom stereocenters. The Balaban J connectivity index is 4.50. The number of unbranched alkanes of at least 4 members (excludes halogenated alkanes) is 1. The molecule has 11 nitrogen and oxygen atoms in total. The van der Waals surface area contributed by atoms with Crippen molar-refractivity contribution < 1.29 is 43.8 Å². The standard InChI is InChI=1S/C12H20N2O9/c1-3-4-5-12(19,14-9(16)6-13)11(18)20-7-10(17)22-23-21-8(2)15/h19H,3-7,13H2,1-2H3,(H,14,16). The molecule has 4 N–H and O–H groups in total. The van der Waals surface area contributed by atoms with Crippen molar-refractivity contribution in [1.29, 1.82) is 0 Å². The van der Waals surface area contributed by atoms with Crippen LogP contribution in [-0.4, -0.2) is 47.8 Å². The number of hydrogen-bond donors (Lipinski definition) is 3. The van der Waals surface area contributed by atoms with Gasteiger partial charge < -0.3 is 20.9 Å². The molecule has 0 radical (unpaired) electrons. The van der Waals surface area contributed by atoms with Gasteiger partial charge in [0.15, 0.2) is 6.61 Å². The second-order valence-corrected chi connectivity index (χ2v) is 4.39. The quantitative estimate of drug-likeness (QED) is 0.184. The van der Waals surface area contributed by atoms with Crippen LogP contribution in [0.1, 0.15) is 33.1 Å². The van der Waals surface area contributed by atoms with Crippen LogP contribution in [0.3, 0.4) is 0 Å². The fourth-order valence-corrected chi connectivity index (χ4v) is 1.30. The van der Waals surface area contributed by atoms with E-state index >= 15 is 0 Å². The predicted molar refractivity (Wildman–Crippen MR) is 71.6 cm³/mol. The van der Waals surface area contributed by atoms with Crippen molar-refractivity contribution in [3.05, 3.63) is 0 Å². The van der Waals surface area contributed by atoms with Crippen molar-refractivity contribution in [2.45, 2.75) is 38.8 Å². The minimum Gasteiger partial charge on any atom is -0.450 e. The molecule has 1 amide bonds. The molecule has 0 bridgehead atoms. The van der Waals surface area contributed by atoms with E-state index in [0.717, 1.165) is 6.92 Å². The average molecular weight is 336 g/mol. The molecule has 0 aromatic heterocycles. The van der Waals surface area contributed by atoms with E-state index in [-0.39, 0.29) is 6.42 Å². The van der Waals surface area contributed by atoms with Gasteiger partial charge in [-0.2, -0.15) is 0 Å². The lowest BCUT2D eigenvalue weighted by atomic mass is 10.1. The van der Waals surface area contributed by atoms with Crippen LogP contribution in [0.5, 0.6) is 0 Å². The minimum atomic E-state index is -2.32. The van der Waals surface area contributed by atoms with Crippen LogP contribution in [0.2, 0.25) is 0 Å². The van der Waals surface area contributed by atoms with E-state index in [1.54, 1.807) is 6.92 Å². The molecule has 0 heterocycles. The molecule has 0 aliphatic carbocycles. The fraction of sp³-hybridized carbons (Fsp3) is 0.667. The van der Waals surface area contributed by atoms with Crippen LogP contribution in [0, 0.1) is 0 Å². The number of rotatable bonds is 10. The Bertz CT molecular complexity index is 440. The second kappa shape index (κ2) is 10.5. The molecule has 0 rings (SSSR count). The van der Waals surface area contributed by atoms with Gasteiger partial charge in [0.05, 0.1) is 6.54 Å². The zero-order chi connectivity index (χ0) is 17.9. The van der Waals surface area contributed by atoms with Gasteiger partial charge in [-0.05, 0) is 6.42 Å². The lowest BCUT2D eigenvalue weighted by molar-refractivity contribution is -0.459. The number of aliphatic hydroxyl groups is 1. The normalized spacial score (nSPS) is 12.7. The number of carbonyl (C=O) groups is 4. The first-order valence-electron chi connectivity index (χ1n) is 6.70. The fourth-order valence-electron chi connectivity index (χ4n) is 1.30. The third-order valence-corrected chi connectivity index (χ3v) is 2.36. The first-order valence-corrected chi connectivity index (χ1v) is 6.70. The van der Waals surface area contributed by atoms with Gasteiger partial charge in [0.25, 0.3) is 0 Å². The van der Waals surface area contributed by atoms with E-state index in [9.17, 15) is 24.3 Å². The third-order valence-electron chi connectivity index (χ3n) is 2.36. The Kier molecular flexibility index (Phi) is 9.46. The molecule has 0 aliphatic rings. The first-order chi connectivity index (χ1) is 10.7. The molecule has 132 valence electrons. The van der Waals surface area contributed by atoms with E-state index in [4.69, 9.17) is 5.73 Å². The predicted octanol–water partition coefficient (Wildman–Crippen LogP) is -1.56. The van der Waals surface area contributed by atoms with Crippen molar-refractivity contribution in [3.8, 4) is 0 Å². The van der Waals surface area contributed by atoms with E-state index < -0.39 is 42.7 Å². The third kappa shape index (κ3) is 8.70. The summed E-state index contributed by atoms with van der Waals surface area (Å²) in [6, 6.07) is 0. The minimum absolute atomic E-state index is 0.132. The van der Waals surface area contributed by atoms with Crippen molar-refractivity contribution in [1.82, 2.24) is 5.32 Å². The van der Waals surface area contributed by atoms with Gasteiger partial charge in [-0.15, -0.1) is 0 Å². The van der Waals surface area contributed by atoms with Gasteiger partial charge >= 0.3 is 17.9 Å². The molecule has 0 aliphatic heterocycles. The molecule has 1 atom stereocenters. The summed E-state index contributed by atoms with van der Waals surface area (Å²) in [4.78, 5) is 52.4.